The van der Waals surface area contributed by atoms with Gasteiger partial charge >= 0.3 is 0 Å². The van der Waals surface area contributed by atoms with Crippen molar-refractivity contribution in [1.82, 2.24) is 0 Å². The minimum absolute atomic E-state index is 0.329. The van der Waals surface area contributed by atoms with Gasteiger partial charge in [-0.05, 0) is 6.42 Å². The number of aliphatic hydroxyl groups is 4. The second-order valence-corrected chi connectivity index (χ2v) is 3.53. The Morgan fingerprint density at radius 3 is 1.09 bits per heavy atom. The number of fused-ring (bicyclic) bond motifs is 2. The fraction of sp³-hybridized carbons (Fsp3) is 1.00. The van der Waals surface area contributed by atoms with Crippen LogP contribution in [0.5, 0.6) is 0 Å². The SMILES string of the molecule is OC1C(O)C2CC1C(O)C2O. The van der Waals surface area contributed by atoms with Crippen LogP contribution in [0.2, 0.25) is 0 Å². The van der Waals surface area contributed by atoms with Gasteiger partial charge in [0.2, 0.25) is 0 Å². The van der Waals surface area contributed by atoms with E-state index in [1.54, 1.807) is 0 Å². The van der Waals surface area contributed by atoms with Crippen LogP contribution < -0.4 is 0 Å². The molecule has 4 unspecified atom stereocenters. The van der Waals surface area contributed by atoms with Gasteiger partial charge in [0.1, 0.15) is 0 Å². The smallest absolute Gasteiger partial charge is 0.0856 e. The molecule has 0 saturated heterocycles. The number of rotatable bonds is 0. The maximum Gasteiger partial charge on any atom is 0.0856 e. The highest BCUT2D eigenvalue weighted by molar-refractivity contribution is 5.06. The minimum Gasteiger partial charge on any atom is -0.390 e. The third-order valence-corrected chi connectivity index (χ3v) is 3.00. The van der Waals surface area contributed by atoms with Gasteiger partial charge in [0, 0.05) is 11.8 Å². The van der Waals surface area contributed by atoms with E-state index in [4.69, 9.17) is 0 Å². The molecule has 2 bridgehead atoms. The van der Waals surface area contributed by atoms with Gasteiger partial charge in [0.15, 0.2) is 0 Å². The molecule has 2 aliphatic rings. The van der Waals surface area contributed by atoms with Crippen LogP contribution in [0.4, 0.5) is 0 Å². The quantitative estimate of drug-likeness (QED) is 0.333. The molecule has 0 heterocycles. The van der Waals surface area contributed by atoms with Crippen LogP contribution in [-0.2, 0) is 0 Å². The molecule has 2 saturated carbocycles. The third-order valence-electron chi connectivity index (χ3n) is 3.00. The zero-order valence-corrected chi connectivity index (χ0v) is 5.96. The summed E-state index contributed by atoms with van der Waals surface area (Å²) < 4.78 is 0. The maximum absolute atomic E-state index is 9.25. The van der Waals surface area contributed by atoms with Crippen LogP contribution in [0.1, 0.15) is 6.42 Å². The van der Waals surface area contributed by atoms with Crippen LogP contribution in [0.25, 0.3) is 0 Å². The fourth-order valence-corrected chi connectivity index (χ4v) is 2.29. The summed E-state index contributed by atoms with van der Waals surface area (Å²) in [6, 6.07) is 0. The van der Waals surface area contributed by atoms with Crippen LogP contribution in [0.3, 0.4) is 0 Å². The summed E-state index contributed by atoms with van der Waals surface area (Å²) in [6.45, 7) is 0. The Morgan fingerprint density at radius 2 is 0.909 bits per heavy atom. The van der Waals surface area contributed by atoms with Crippen LogP contribution in [0, 0.1) is 11.8 Å². The molecule has 0 aromatic heterocycles. The molecule has 4 nitrogen and oxygen atoms in total. The van der Waals surface area contributed by atoms with Crippen LogP contribution >= 0.6 is 0 Å². The van der Waals surface area contributed by atoms with E-state index in [1.807, 2.05) is 0 Å². The summed E-state index contributed by atoms with van der Waals surface area (Å²) >= 11 is 0. The van der Waals surface area contributed by atoms with Crippen LogP contribution in [-0.4, -0.2) is 44.8 Å². The summed E-state index contributed by atoms with van der Waals surface area (Å²) in [4.78, 5) is 0. The Morgan fingerprint density at radius 1 is 0.636 bits per heavy atom. The lowest BCUT2D eigenvalue weighted by atomic mass is 9.90. The van der Waals surface area contributed by atoms with Crippen molar-refractivity contribution in [3.8, 4) is 0 Å². The lowest BCUT2D eigenvalue weighted by Crippen LogP contribution is -2.47. The van der Waals surface area contributed by atoms with Crippen molar-refractivity contribution < 1.29 is 20.4 Å². The second kappa shape index (κ2) is 2.17. The van der Waals surface area contributed by atoms with Gasteiger partial charge in [-0.2, -0.15) is 0 Å². The largest absolute Gasteiger partial charge is 0.390 e. The van der Waals surface area contributed by atoms with Gasteiger partial charge in [-0.25, -0.2) is 0 Å². The Labute approximate surface area is 64.1 Å². The average molecular weight is 160 g/mol. The van der Waals surface area contributed by atoms with Crippen molar-refractivity contribution in [3.63, 3.8) is 0 Å². The summed E-state index contributed by atoms with van der Waals surface area (Å²) in [5.41, 5.74) is 0. The average Bonchev–Trinajstić information content (AvgIpc) is 2.40. The first-order valence-electron chi connectivity index (χ1n) is 3.85. The molecule has 4 heteroatoms. The highest BCUT2D eigenvalue weighted by Crippen LogP contribution is 2.44. The second-order valence-electron chi connectivity index (χ2n) is 3.53. The van der Waals surface area contributed by atoms with E-state index in [9.17, 15) is 20.4 Å². The van der Waals surface area contributed by atoms with E-state index in [2.05, 4.69) is 0 Å². The zero-order valence-electron chi connectivity index (χ0n) is 5.96. The molecule has 0 aliphatic heterocycles. The third kappa shape index (κ3) is 0.780. The summed E-state index contributed by atoms with van der Waals surface area (Å²) in [5.74, 6) is -0.657. The Balaban J connectivity index is 2.21. The highest BCUT2D eigenvalue weighted by atomic mass is 16.4. The molecular weight excluding hydrogens is 148 g/mol. The van der Waals surface area contributed by atoms with E-state index < -0.39 is 24.4 Å². The molecule has 4 atom stereocenters. The van der Waals surface area contributed by atoms with Crippen molar-refractivity contribution in [1.29, 1.82) is 0 Å². The first-order valence-corrected chi connectivity index (χ1v) is 3.85. The van der Waals surface area contributed by atoms with Gasteiger partial charge in [0.05, 0.1) is 24.4 Å². The predicted octanol–water partition coefficient (Wildman–Crippen LogP) is -1.92. The van der Waals surface area contributed by atoms with Crippen molar-refractivity contribution in [2.24, 2.45) is 11.8 Å². The summed E-state index contributed by atoms with van der Waals surface area (Å²) in [6.07, 6.45) is -2.86. The minimum atomic E-state index is -0.849. The van der Waals surface area contributed by atoms with Gasteiger partial charge in [-0.3, -0.25) is 0 Å². The molecule has 0 amide bonds. The first kappa shape index (κ1) is 7.49. The van der Waals surface area contributed by atoms with Gasteiger partial charge < -0.3 is 20.4 Å². The first-order chi connectivity index (χ1) is 5.13. The van der Waals surface area contributed by atoms with Crippen molar-refractivity contribution >= 4 is 0 Å². The van der Waals surface area contributed by atoms with E-state index in [0.29, 0.717) is 6.42 Å². The van der Waals surface area contributed by atoms with Gasteiger partial charge in [0.25, 0.3) is 0 Å². The van der Waals surface area contributed by atoms with Crippen molar-refractivity contribution in [2.75, 3.05) is 0 Å². The standard InChI is InChI=1S/C7H12O4/c8-4-2-1-3(6(4)10)7(11)5(2)9/h2-11H,1H2. The lowest BCUT2D eigenvalue weighted by molar-refractivity contribution is -0.116. The molecule has 11 heavy (non-hydrogen) atoms. The normalized spacial score (nSPS) is 62.2. The summed E-state index contributed by atoms with van der Waals surface area (Å²) in [7, 11) is 0. The maximum atomic E-state index is 9.25. The molecule has 0 aromatic rings. The van der Waals surface area contributed by atoms with E-state index in [-0.39, 0.29) is 11.8 Å². The molecule has 64 valence electrons. The van der Waals surface area contributed by atoms with Crippen LogP contribution in [0.15, 0.2) is 0 Å². The lowest BCUT2D eigenvalue weighted by Gasteiger charge is -2.30. The van der Waals surface area contributed by atoms with E-state index in [0.717, 1.165) is 0 Å². The molecule has 0 radical (unpaired) electrons. The van der Waals surface area contributed by atoms with Gasteiger partial charge in [-0.15, -0.1) is 0 Å². The Hall–Kier alpha value is -0.160. The highest BCUT2D eigenvalue weighted by Gasteiger charge is 2.56. The molecule has 2 aliphatic carbocycles. The predicted molar refractivity (Wildman–Crippen MR) is 35.6 cm³/mol. The Bertz CT molecular complexity index is 138. The van der Waals surface area contributed by atoms with Crippen molar-refractivity contribution in [3.05, 3.63) is 0 Å². The molecule has 2 fully saturated rings. The Kier molecular flexibility index (Phi) is 1.47. The van der Waals surface area contributed by atoms with E-state index >= 15 is 0 Å². The van der Waals surface area contributed by atoms with E-state index in [1.165, 1.54) is 0 Å². The summed E-state index contributed by atoms with van der Waals surface area (Å²) in [5, 5.41) is 37.0. The molecule has 0 aromatic carbocycles. The topological polar surface area (TPSA) is 80.9 Å². The van der Waals surface area contributed by atoms with Gasteiger partial charge in [-0.1, -0.05) is 0 Å². The van der Waals surface area contributed by atoms with Crippen molar-refractivity contribution in [2.45, 2.75) is 30.8 Å². The monoisotopic (exact) mass is 160 g/mol. The fourth-order valence-electron chi connectivity index (χ4n) is 2.29. The molecular formula is C7H12O4. The number of hydrogen-bond acceptors (Lipinski definition) is 4. The zero-order chi connectivity index (χ0) is 8.17. The number of aliphatic hydroxyl groups excluding tert-OH is 4. The molecule has 2 rings (SSSR count). The molecule has 0 spiro atoms. The number of hydrogen-bond donors (Lipinski definition) is 4. The molecule has 4 N–H and O–H groups in total.